The van der Waals surface area contributed by atoms with Gasteiger partial charge in [0.1, 0.15) is 6.10 Å². The number of nitrogens with zero attached hydrogens (tertiary/aromatic N) is 2. The largest absolute Gasteiger partial charge is 0.367 e. The Morgan fingerprint density at radius 1 is 1.22 bits per heavy atom. The number of pyridine rings is 1. The number of aromatic nitrogens is 1. The zero-order chi connectivity index (χ0) is 15.8. The van der Waals surface area contributed by atoms with Crippen LogP contribution in [0.1, 0.15) is 24.3 Å². The van der Waals surface area contributed by atoms with E-state index in [-0.39, 0.29) is 12.2 Å². The zero-order valence-electron chi connectivity index (χ0n) is 13.4. The fraction of sp³-hybridized carbons (Fsp3) is 0.316. The van der Waals surface area contributed by atoms with E-state index in [2.05, 4.69) is 70.9 Å². The molecular formula is C19H20N2OS. The molecule has 0 radical (unpaired) electrons. The fourth-order valence-electron chi connectivity index (χ4n) is 3.34. The first-order chi connectivity index (χ1) is 11.2. The fourth-order valence-corrected chi connectivity index (χ4v) is 4.04. The Labute approximate surface area is 140 Å². The molecule has 0 amide bonds. The van der Waals surface area contributed by atoms with Crippen molar-refractivity contribution in [2.75, 3.05) is 18.0 Å². The summed E-state index contributed by atoms with van der Waals surface area (Å²) in [6, 6.07) is 12.8. The van der Waals surface area contributed by atoms with Crippen molar-refractivity contribution in [3.63, 3.8) is 0 Å². The highest BCUT2D eigenvalue weighted by atomic mass is 32.1. The van der Waals surface area contributed by atoms with Crippen LogP contribution in [0.2, 0.25) is 0 Å². The number of fused-ring (bicyclic) bond motifs is 1. The standard InChI is InChI=1S/C19H20N2OS/c1-13-9-18(16-5-3-4-6-17(16)20-13)21-10-14(2)22-19(11-21)15-7-8-23-12-15/h3-9,12,14,19H,10-11H2,1-2H3. The number of ether oxygens (including phenoxy) is 1. The summed E-state index contributed by atoms with van der Waals surface area (Å²) >= 11 is 1.73. The molecule has 1 fully saturated rings. The van der Waals surface area contributed by atoms with Crippen molar-refractivity contribution in [1.29, 1.82) is 0 Å². The number of anilines is 1. The van der Waals surface area contributed by atoms with Crippen molar-refractivity contribution < 1.29 is 4.74 Å². The molecule has 118 valence electrons. The third-order valence-corrected chi connectivity index (χ3v) is 5.04. The van der Waals surface area contributed by atoms with Crippen LogP contribution >= 0.6 is 11.3 Å². The number of aryl methyl sites for hydroxylation is 1. The summed E-state index contributed by atoms with van der Waals surface area (Å²) < 4.78 is 6.17. The third-order valence-electron chi connectivity index (χ3n) is 4.34. The average molecular weight is 324 g/mol. The highest BCUT2D eigenvalue weighted by Gasteiger charge is 2.28. The summed E-state index contributed by atoms with van der Waals surface area (Å²) in [5, 5.41) is 5.53. The van der Waals surface area contributed by atoms with Crippen molar-refractivity contribution in [3.8, 4) is 0 Å². The molecule has 4 rings (SSSR count). The van der Waals surface area contributed by atoms with Gasteiger partial charge in [0.2, 0.25) is 0 Å². The monoisotopic (exact) mass is 324 g/mol. The van der Waals surface area contributed by atoms with E-state index in [0.29, 0.717) is 0 Å². The van der Waals surface area contributed by atoms with Crippen LogP contribution in [0.3, 0.4) is 0 Å². The highest BCUT2D eigenvalue weighted by molar-refractivity contribution is 7.07. The molecule has 1 aliphatic heterocycles. The number of hydrogen-bond donors (Lipinski definition) is 0. The second-order valence-electron chi connectivity index (χ2n) is 6.20. The van der Waals surface area contributed by atoms with Crippen LogP contribution in [0.25, 0.3) is 10.9 Å². The van der Waals surface area contributed by atoms with E-state index in [9.17, 15) is 0 Å². The van der Waals surface area contributed by atoms with E-state index in [0.717, 1.165) is 24.3 Å². The van der Waals surface area contributed by atoms with Gasteiger partial charge < -0.3 is 9.64 Å². The van der Waals surface area contributed by atoms with Gasteiger partial charge in [0.15, 0.2) is 0 Å². The Morgan fingerprint density at radius 2 is 2.09 bits per heavy atom. The normalized spacial score (nSPS) is 21.7. The molecule has 0 N–H and O–H groups in total. The van der Waals surface area contributed by atoms with Gasteiger partial charge in [-0.3, -0.25) is 4.98 Å². The van der Waals surface area contributed by atoms with Gasteiger partial charge in [-0.25, -0.2) is 0 Å². The van der Waals surface area contributed by atoms with Crippen molar-refractivity contribution in [3.05, 3.63) is 58.4 Å². The first kappa shape index (κ1) is 14.7. The molecule has 0 spiro atoms. The molecule has 3 nitrogen and oxygen atoms in total. The van der Waals surface area contributed by atoms with E-state index in [4.69, 9.17) is 4.74 Å². The van der Waals surface area contributed by atoms with Crippen molar-refractivity contribution in [2.24, 2.45) is 0 Å². The topological polar surface area (TPSA) is 25.4 Å². The lowest BCUT2D eigenvalue weighted by atomic mass is 10.1. The van der Waals surface area contributed by atoms with E-state index in [1.54, 1.807) is 11.3 Å². The smallest absolute Gasteiger partial charge is 0.101 e. The molecule has 23 heavy (non-hydrogen) atoms. The third kappa shape index (κ3) is 2.84. The van der Waals surface area contributed by atoms with Crippen LogP contribution < -0.4 is 4.90 Å². The minimum absolute atomic E-state index is 0.136. The lowest BCUT2D eigenvalue weighted by Crippen LogP contribution is -2.43. The van der Waals surface area contributed by atoms with Gasteiger partial charge in [-0.2, -0.15) is 11.3 Å². The van der Waals surface area contributed by atoms with Gasteiger partial charge in [-0.05, 0) is 48.4 Å². The molecule has 1 aliphatic rings. The zero-order valence-corrected chi connectivity index (χ0v) is 14.2. The predicted molar refractivity (Wildman–Crippen MR) is 96.3 cm³/mol. The lowest BCUT2D eigenvalue weighted by molar-refractivity contribution is -0.0170. The molecule has 0 saturated carbocycles. The highest BCUT2D eigenvalue weighted by Crippen LogP contribution is 2.33. The van der Waals surface area contributed by atoms with E-state index < -0.39 is 0 Å². The Morgan fingerprint density at radius 3 is 2.91 bits per heavy atom. The lowest BCUT2D eigenvalue weighted by Gasteiger charge is -2.38. The van der Waals surface area contributed by atoms with Gasteiger partial charge in [-0.15, -0.1) is 0 Å². The molecule has 1 aromatic carbocycles. The molecule has 0 aliphatic carbocycles. The first-order valence-corrected chi connectivity index (χ1v) is 8.94. The average Bonchev–Trinajstić information content (AvgIpc) is 3.08. The van der Waals surface area contributed by atoms with Crippen LogP contribution in [0, 0.1) is 6.92 Å². The van der Waals surface area contributed by atoms with Gasteiger partial charge >= 0.3 is 0 Å². The molecule has 2 atom stereocenters. The molecule has 0 bridgehead atoms. The molecule has 3 heterocycles. The Bertz CT molecular complexity index is 815. The summed E-state index contributed by atoms with van der Waals surface area (Å²) in [6.07, 6.45) is 0.345. The maximum absolute atomic E-state index is 6.17. The predicted octanol–water partition coefficient (Wildman–Crippen LogP) is 4.57. The second-order valence-corrected chi connectivity index (χ2v) is 6.98. The second kappa shape index (κ2) is 5.95. The maximum Gasteiger partial charge on any atom is 0.101 e. The number of para-hydroxylation sites is 1. The van der Waals surface area contributed by atoms with Crippen LogP contribution in [-0.2, 0) is 4.74 Å². The van der Waals surface area contributed by atoms with E-state index in [1.165, 1.54) is 16.6 Å². The SMILES string of the molecule is Cc1cc(N2CC(C)OC(c3ccsc3)C2)c2ccccc2n1. The summed E-state index contributed by atoms with van der Waals surface area (Å²) in [5.74, 6) is 0. The van der Waals surface area contributed by atoms with Gasteiger partial charge in [-0.1, -0.05) is 18.2 Å². The van der Waals surface area contributed by atoms with Crippen molar-refractivity contribution in [1.82, 2.24) is 4.98 Å². The molecular weight excluding hydrogens is 304 g/mol. The summed E-state index contributed by atoms with van der Waals surface area (Å²) in [6.45, 7) is 6.01. The van der Waals surface area contributed by atoms with Crippen LogP contribution in [-0.4, -0.2) is 24.2 Å². The van der Waals surface area contributed by atoms with Gasteiger partial charge in [0.05, 0.1) is 11.6 Å². The number of morpholine rings is 1. The number of hydrogen-bond acceptors (Lipinski definition) is 4. The summed E-state index contributed by atoms with van der Waals surface area (Å²) in [4.78, 5) is 7.11. The summed E-state index contributed by atoms with van der Waals surface area (Å²) in [7, 11) is 0. The van der Waals surface area contributed by atoms with Crippen molar-refractivity contribution in [2.45, 2.75) is 26.1 Å². The Hall–Kier alpha value is -1.91. The maximum atomic E-state index is 6.17. The van der Waals surface area contributed by atoms with Gasteiger partial charge in [0, 0.05) is 29.9 Å². The number of benzene rings is 1. The molecule has 2 aromatic heterocycles. The van der Waals surface area contributed by atoms with E-state index in [1.807, 2.05) is 0 Å². The first-order valence-electron chi connectivity index (χ1n) is 7.99. The van der Waals surface area contributed by atoms with E-state index >= 15 is 0 Å². The van der Waals surface area contributed by atoms with Crippen molar-refractivity contribution >= 4 is 27.9 Å². The summed E-state index contributed by atoms with van der Waals surface area (Å²) in [5.41, 5.74) is 4.67. The van der Waals surface area contributed by atoms with Crippen LogP contribution in [0.5, 0.6) is 0 Å². The quantitative estimate of drug-likeness (QED) is 0.690. The van der Waals surface area contributed by atoms with Gasteiger partial charge in [0.25, 0.3) is 0 Å². The molecule has 4 heteroatoms. The molecule has 1 saturated heterocycles. The van der Waals surface area contributed by atoms with Crippen LogP contribution in [0.15, 0.2) is 47.2 Å². The minimum Gasteiger partial charge on any atom is -0.367 e. The molecule has 2 unspecified atom stereocenters. The number of thiophene rings is 1. The minimum atomic E-state index is 0.136. The van der Waals surface area contributed by atoms with Crippen LogP contribution in [0.4, 0.5) is 5.69 Å². The molecule has 3 aromatic rings. The Kier molecular flexibility index (Phi) is 3.79. The Balaban J connectivity index is 1.75. The number of rotatable bonds is 2.